The highest BCUT2D eigenvalue weighted by Crippen LogP contribution is 2.28. The van der Waals surface area contributed by atoms with Crippen LogP contribution < -0.4 is 5.32 Å². The predicted molar refractivity (Wildman–Crippen MR) is 115 cm³/mol. The fourth-order valence-electron chi connectivity index (χ4n) is 4.28. The summed E-state index contributed by atoms with van der Waals surface area (Å²) in [4.78, 5) is 14.8. The second-order valence-corrected chi connectivity index (χ2v) is 7.75. The topological polar surface area (TPSA) is 80.9 Å². The first kappa shape index (κ1) is 20.6. The number of piperidine rings is 1. The van der Waals surface area contributed by atoms with Gasteiger partial charge in [0.15, 0.2) is 0 Å². The molecule has 4 heterocycles. The molecule has 0 radical (unpaired) electrons. The van der Waals surface area contributed by atoms with Gasteiger partial charge in [-0.05, 0) is 36.6 Å². The highest BCUT2D eigenvalue weighted by molar-refractivity contribution is 5.85. The molecule has 0 unspecified atom stereocenters. The maximum Gasteiger partial charge on any atom is 0.226 e. The van der Waals surface area contributed by atoms with Gasteiger partial charge in [0, 0.05) is 44.5 Å². The van der Waals surface area contributed by atoms with Crippen LogP contribution in [0.1, 0.15) is 36.0 Å². The Morgan fingerprint density at radius 3 is 2.63 bits per heavy atom. The van der Waals surface area contributed by atoms with Crippen molar-refractivity contribution in [1.82, 2.24) is 34.8 Å². The Hall–Kier alpha value is -2.71. The zero-order chi connectivity index (χ0) is 19.6. The molecule has 8 nitrogen and oxygen atoms in total. The summed E-state index contributed by atoms with van der Waals surface area (Å²) in [5, 5.41) is 16.3. The van der Waals surface area contributed by atoms with Crippen LogP contribution in [0.25, 0.3) is 5.69 Å². The molecule has 30 heavy (non-hydrogen) atoms. The standard InChI is InChI=1S/C21H25N7O.ClH/c29-20(14-16-2-4-18(5-3-16)28-10-1-8-23-28)26-11-6-17(7-12-26)21-25-24-19-15-22-9-13-27(19)21;/h1-5,8,10,17,22H,6-7,9,11-15H2;1H. The first-order valence-electron chi connectivity index (χ1n) is 10.3. The van der Waals surface area contributed by atoms with Crippen molar-refractivity contribution >= 4 is 18.3 Å². The van der Waals surface area contributed by atoms with Crippen molar-refractivity contribution < 1.29 is 4.79 Å². The van der Waals surface area contributed by atoms with Crippen molar-refractivity contribution in [2.45, 2.75) is 38.3 Å². The van der Waals surface area contributed by atoms with Gasteiger partial charge in [-0.1, -0.05) is 12.1 Å². The number of hydrogen-bond donors (Lipinski definition) is 1. The monoisotopic (exact) mass is 427 g/mol. The van der Waals surface area contributed by atoms with Crippen LogP contribution in [0.2, 0.25) is 0 Å². The molecule has 9 heteroatoms. The van der Waals surface area contributed by atoms with Gasteiger partial charge in [0.05, 0.1) is 18.7 Å². The molecule has 1 saturated heterocycles. The molecule has 2 aromatic heterocycles. The molecule has 158 valence electrons. The predicted octanol–water partition coefficient (Wildman–Crippen LogP) is 1.94. The minimum atomic E-state index is 0. The number of aromatic nitrogens is 5. The average molecular weight is 428 g/mol. The minimum Gasteiger partial charge on any atom is -0.342 e. The Balaban J connectivity index is 0.00000218. The van der Waals surface area contributed by atoms with Crippen LogP contribution in [-0.2, 0) is 24.3 Å². The molecule has 1 amide bonds. The van der Waals surface area contributed by atoms with Crippen LogP contribution in [-0.4, -0.2) is 55.0 Å². The van der Waals surface area contributed by atoms with E-state index in [4.69, 9.17) is 0 Å². The SMILES string of the molecule is Cl.O=C(Cc1ccc(-n2cccn2)cc1)N1CCC(c2nnc3n2CCNC3)CC1. The van der Waals surface area contributed by atoms with Crippen LogP contribution in [0.15, 0.2) is 42.7 Å². The molecule has 0 atom stereocenters. The zero-order valence-electron chi connectivity index (χ0n) is 16.8. The molecule has 1 N–H and O–H groups in total. The quantitative estimate of drug-likeness (QED) is 0.688. The first-order valence-corrected chi connectivity index (χ1v) is 10.3. The number of halogens is 1. The van der Waals surface area contributed by atoms with Crippen LogP contribution in [0, 0.1) is 0 Å². The number of benzene rings is 1. The molecular formula is C21H26ClN7O. The van der Waals surface area contributed by atoms with Crippen molar-refractivity contribution in [3.8, 4) is 5.69 Å². The van der Waals surface area contributed by atoms with E-state index in [1.54, 1.807) is 6.20 Å². The van der Waals surface area contributed by atoms with Crippen LogP contribution in [0.3, 0.4) is 0 Å². The molecular weight excluding hydrogens is 402 g/mol. The van der Waals surface area contributed by atoms with E-state index in [9.17, 15) is 4.79 Å². The second-order valence-electron chi connectivity index (χ2n) is 7.75. The minimum absolute atomic E-state index is 0. The highest BCUT2D eigenvalue weighted by atomic mass is 35.5. The smallest absolute Gasteiger partial charge is 0.226 e. The molecule has 2 aliphatic heterocycles. The fourth-order valence-corrected chi connectivity index (χ4v) is 4.28. The number of nitrogens with one attached hydrogen (secondary N) is 1. The third-order valence-corrected chi connectivity index (χ3v) is 5.92. The fraction of sp³-hybridized carbons (Fsp3) is 0.429. The maximum absolute atomic E-state index is 12.8. The molecule has 0 bridgehead atoms. The molecule has 2 aliphatic rings. The van der Waals surface area contributed by atoms with Crippen LogP contribution >= 0.6 is 12.4 Å². The number of carbonyl (C=O) groups is 1. The van der Waals surface area contributed by atoms with Crippen LogP contribution in [0.5, 0.6) is 0 Å². The summed E-state index contributed by atoms with van der Waals surface area (Å²) in [6, 6.07) is 9.93. The van der Waals surface area contributed by atoms with Crippen molar-refractivity contribution in [2.24, 2.45) is 0 Å². The van der Waals surface area contributed by atoms with Crippen molar-refractivity contribution in [1.29, 1.82) is 0 Å². The lowest BCUT2D eigenvalue weighted by Gasteiger charge is -2.32. The Labute approximate surface area is 181 Å². The molecule has 5 rings (SSSR count). The van der Waals surface area contributed by atoms with Gasteiger partial charge < -0.3 is 14.8 Å². The van der Waals surface area contributed by atoms with E-state index in [1.807, 2.05) is 46.1 Å². The van der Waals surface area contributed by atoms with E-state index in [-0.39, 0.29) is 18.3 Å². The van der Waals surface area contributed by atoms with Crippen molar-refractivity contribution in [3.63, 3.8) is 0 Å². The Morgan fingerprint density at radius 1 is 1.10 bits per heavy atom. The lowest BCUT2D eigenvalue weighted by Crippen LogP contribution is -2.39. The van der Waals surface area contributed by atoms with Crippen LogP contribution in [0.4, 0.5) is 0 Å². The number of rotatable bonds is 4. The highest BCUT2D eigenvalue weighted by Gasteiger charge is 2.28. The second kappa shape index (κ2) is 8.97. The van der Waals surface area contributed by atoms with E-state index >= 15 is 0 Å². The van der Waals surface area contributed by atoms with Gasteiger partial charge in [0.1, 0.15) is 11.6 Å². The molecule has 1 fully saturated rings. The molecule has 3 aromatic rings. The maximum atomic E-state index is 12.8. The van der Waals surface area contributed by atoms with E-state index < -0.39 is 0 Å². The van der Waals surface area contributed by atoms with E-state index in [2.05, 4.69) is 25.2 Å². The Kier molecular flexibility index (Phi) is 6.15. The first-order chi connectivity index (χ1) is 14.3. The van der Waals surface area contributed by atoms with E-state index in [0.717, 1.165) is 68.5 Å². The third-order valence-electron chi connectivity index (χ3n) is 5.92. The summed E-state index contributed by atoms with van der Waals surface area (Å²) in [5.41, 5.74) is 2.03. The molecule has 0 saturated carbocycles. The van der Waals surface area contributed by atoms with Gasteiger partial charge in [0.25, 0.3) is 0 Å². The van der Waals surface area contributed by atoms with E-state index in [1.165, 1.54) is 0 Å². The van der Waals surface area contributed by atoms with Gasteiger partial charge in [-0.25, -0.2) is 4.68 Å². The summed E-state index contributed by atoms with van der Waals surface area (Å²) in [6.07, 6.45) is 6.02. The lowest BCUT2D eigenvalue weighted by molar-refractivity contribution is -0.131. The van der Waals surface area contributed by atoms with E-state index in [0.29, 0.717) is 12.3 Å². The number of fused-ring (bicyclic) bond motifs is 1. The van der Waals surface area contributed by atoms with Gasteiger partial charge in [-0.3, -0.25) is 4.79 Å². The summed E-state index contributed by atoms with van der Waals surface area (Å²) in [6.45, 7) is 4.27. The Bertz CT molecular complexity index is 975. The Morgan fingerprint density at radius 2 is 1.90 bits per heavy atom. The summed E-state index contributed by atoms with van der Waals surface area (Å²) in [7, 11) is 0. The number of carbonyl (C=O) groups excluding carboxylic acids is 1. The van der Waals surface area contributed by atoms with Crippen molar-refractivity contribution in [2.75, 3.05) is 19.6 Å². The summed E-state index contributed by atoms with van der Waals surface area (Å²) in [5.74, 6) is 2.72. The number of hydrogen-bond acceptors (Lipinski definition) is 5. The largest absolute Gasteiger partial charge is 0.342 e. The molecule has 0 aliphatic carbocycles. The third kappa shape index (κ3) is 4.11. The normalized spacial score (nSPS) is 16.7. The van der Waals surface area contributed by atoms with Gasteiger partial charge in [-0.15, -0.1) is 22.6 Å². The van der Waals surface area contributed by atoms with Gasteiger partial charge >= 0.3 is 0 Å². The average Bonchev–Trinajstić information content (AvgIpc) is 3.45. The molecule has 0 spiro atoms. The summed E-state index contributed by atoms with van der Waals surface area (Å²) < 4.78 is 4.08. The van der Waals surface area contributed by atoms with Gasteiger partial charge in [0.2, 0.25) is 5.91 Å². The molecule has 1 aromatic carbocycles. The lowest BCUT2D eigenvalue weighted by atomic mass is 9.95. The zero-order valence-corrected chi connectivity index (χ0v) is 17.6. The van der Waals surface area contributed by atoms with Crippen molar-refractivity contribution in [3.05, 3.63) is 59.9 Å². The number of likely N-dealkylation sites (tertiary alicyclic amines) is 1. The number of nitrogens with zero attached hydrogens (tertiary/aromatic N) is 6. The van der Waals surface area contributed by atoms with Gasteiger partial charge in [-0.2, -0.15) is 5.10 Å². The summed E-state index contributed by atoms with van der Waals surface area (Å²) >= 11 is 0. The number of amides is 1.